The second kappa shape index (κ2) is 9.12. The number of ether oxygens (including phenoxy) is 2. The Morgan fingerprint density at radius 2 is 2.24 bits per heavy atom. The van der Waals surface area contributed by atoms with Crippen LogP contribution in [0.25, 0.3) is 0 Å². The largest absolute Gasteiger partial charge is 0.496 e. The lowest BCUT2D eigenvalue weighted by atomic mass is 9.95. The topological polar surface area (TPSA) is 71.9 Å². The van der Waals surface area contributed by atoms with Crippen molar-refractivity contribution < 1.29 is 9.47 Å². The number of rotatable bonds is 4. The fourth-order valence-electron chi connectivity index (χ4n) is 3.09. The molecule has 1 saturated heterocycles. The standard InChI is InChI=1S/C21H25ClN4O2S/c1-21(2,3)18-12-26(11-15-6-5-9-28-15)20(29-18)25-19(24-13-23)16-10-14(22)7-8-17(16)27-4/h7-8,10,12,15H,5-6,9,11H2,1-4H3/t15-/m1/s1. The van der Waals surface area contributed by atoms with Gasteiger partial charge in [0.25, 0.3) is 0 Å². The molecule has 0 spiro atoms. The Bertz CT molecular complexity index is 1000. The highest BCUT2D eigenvalue weighted by Gasteiger charge is 2.22. The zero-order chi connectivity index (χ0) is 21.0. The molecule has 0 aliphatic carbocycles. The number of halogens is 1. The third-order valence-corrected chi connectivity index (χ3v) is 6.32. The van der Waals surface area contributed by atoms with E-state index in [9.17, 15) is 5.26 Å². The second-order valence-corrected chi connectivity index (χ2v) is 9.35. The lowest BCUT2D eigenvalue weighted by Gasteiger charge is -2.15. The van der Waals surface area contributed by atoms with Gasteiger partial charge in [-0.15, -0.1) is 11.3 Å². The van der Waals surface area contributed by atoms with Crippen LogP contribution in [0.2, 0.25) is 5.02 Å². The monoisotopic (exact) mass is 432 g/mol. The van der Waals surface area contributed by atoms with Crippen molar-refractivity contribution in [2.24, 2.45) is 9.98 Å². The molecule has 1 aromatic heterocycles. The van der Waals surface area contributed by atoms with E-state index in [0.29, 0.717) is 16.3 Å². The first-order valence-corrected chi connectivity index (χ1v) is 10.7. The van der Waals surface area contributed by atoms with Gasteiger partial charge in [-0.05, 0) is 36.5 Å². The number of methoxy groups -OCH3 is 1. The molecule has 1 fully saturated rings. The van der Waals surface area contributed by atoms with Gasteiger partial charge in [-0.1, -0.05) is 32.4 Å². The van der Waals surface area contributed by atoms with Crippen molar-refractivity contribution >= 4 is 28.8 Å². The van der Waals surface area contributed by atoms with E-state index in [-0.39, 0.29) is 17.4 Å². The highest BCUT2D eigenvalue weighted by atomic mass is 35.5. The normalized spacial score (nSPS) is 18.1. The molecule has 2 aromatic rings. The third kappa shape index (κ3) is 5.27. The minimum absolute atomic E-state index is 0.0169. The van der Waals surface area contributed by atoms with Gasteiger partial charge in [0, 0.05) is 22.7 Å². The van der Waals surface area contributed by atoms with Crippen LogP contribution >= 0.6 is 22.9 Å². The van der Waals surface area contributed by atoms with Crippen molar-refractivity contribution in [3.05, 3.63) is 44.7 Å². The first-order chi connectivity index (χ1) is 13.8. The summed E-state index contributed by atoms with van der Waals surface area (Å²) >= 11 is 7.77. The van der Waals surface area contributed by atoms with E-state index < -0.39 is 0 Å². The van der Waals surface area contributed by atoms with Crippen LogP contribution in [-0.2, 0) is 16.7 Å². The predicted octanol–water partition coefficient (Wildman–Crippen LogP) is 4.52. The fourth-order valence-corrected chi connectivity index (χ4v) is 4.32. The average molecular weight is 433 g/mol. The maximum Gasteiger partial charge on any atom is 0.207 e. The van der Waals surface area contributed by atoms with Crippen molar-refractivity contribution in [3.8, 4) is 11.9 Å². The summed E-state index contributed by atoms with van der Waals surface area (Å²) in [5, 5.41) is 9.77. The Morgan fingerprint density at radius 3 is 2.86 bits per heavy atom. The molecule has 3 rings (SSSR count). The number of nitriles is 1. The van der Waals surface area contributed by atoms with Crippen LogP contribution in [0.4, 0.5) is 0 Å². The van der Waals surface area contributed by atoms with E-state index in [0.717, 1.165) is 30.8 Å². The van der Waals surface area contributed by atoms with Gasteiger partial charge in [-0.25, -0.2) is 0 Å². The van der Waals surface area contributed by atoms with Gasteiger partial charge >= 0.3 is 0 Å². The predicted molar refractivity (Wildman–Crippen MR) is 116 cm³/mol. The van der Waals surface area contributed by atoms with Gasteiger partial charge in [-0.2, -0.15) is 15.2 Å². The minimum atomic E-state index is -0.0169. The minimum Gasteiger partial charge on any atom is -0.496 e. The summed E-state index contributed by atoms with van der Waals surface area (Å²) in [4.78, 5) is 10.7. The Morgan fingerprint density at radius 1 is 1.45 bits per heavy atom. The summed E-state index contributed by atoms with van der Waals surface area (Å²) in [6, 6.07) is 5.19. The molecule has 0 bridgehead atoms. The summed E-state index contributed by atoms with van der Waals surface area (Å²) in [5.74, 6) is 0.834. The number of thiazole rings is 1. The maximum atomic E-state index is 9.25. The molecule has 6 nitrogen and oxygen atoms in total. The van der Waals surface area contributed by atoms with Gasteiger partial charge < -0.3 is 14.0 Å². The smallest absolute Gasteiger partial charge is 0.207 e. The number of aliphatic imine (C=N–C) groups is 1. The fraction of sp³-hybridized carbons (Fsp3) is 0.476. The molecule has 1 aliphatic heterocycles. The van der Waals surface area contributed by atoms with E-state index in [4.69, 9.17) is 26.1 Å². The second-order valence-electron chi connectivity index (χ2n) is 7.91. The van der Waals surface area contributed by atoms with E-state index in [1.165, 1.54) is 4.88 Å². The van der Waals surface area contributed by atoms with Gasteiger partial charge in [-0.3, -0.25) is 0 Å². The van der Waals surface area contributed by atoms with Gasteiger partial charge in [0.2, 0.25) is 6.19 Å². The molecular weight excluding hydrogens is 408 g/mol. The summed E-state index contributed by atoms with van der Waals surface area (Å²) < 4.78 is 13.4. The molecule has 2 heterocycles. The van der Waals surface area contributed by atoms with Crippen LogP contribution < -0.4 is 9.54 Å². The molecule has 154 valence electrons. The summed E-state index contributed by atoms with van der Waals surface area (Å²) in [6.45, 7) is 8.03. The molecule has 0 radical (unpaired) electrons. The zero-order valence-electron chi connectivity index (χ0n) is 17.1. The number of hydrogen-bond donors (Lipinski definition) is 0. The summed E-state index contributed by atoms with van der Waals surface area (Å²) in [7, 11) is 1.57. The van der Waals surface area contributed by atoms with E-state index in [2.05, 4.69) is 36.5 Å². The first-order valence-electron chi connectivity index (χ1n) is 9.49. The molecule has 8 heteroatoms. The van der Waals surface area contributed by atoms with Gasteiger partial charge in [0.05, 0.1) is 25.3 Å². The molecule has 1 atom stereocenters. The zero-order valence-corrected chi connectivity index (χ0v) is 18.7. The quantitative estimate of drug-likeness (QED) is 0.405. The van der Waals surface area contributed by atoms with Crippen molar-refractivity contribution in [1.29, 1.82) is 5.26 Å². The number of hydrogen-bond acceptors (Lipinski definition) is 5. The number of nitrogens with zero attached hydrogens (tertiary/aromatic N) is 4. The summed E-state index contributed by atoms with van der Waals surface area (Å²) in [5.41, 5.74) is 0.563. The third-order valence-electron chi connectivity index (χ3n) is 4.64. The van der Waals surface area contributed by atoms with Crippen molar-refractivity contribution in [3.63, 3.8) is 0 Å². The van der Waals surface area contributed by atoms with Gasteiger partial charge in [0.1, 0.15) is 5.75 Å². The number of aromatic nitrogens is 1. The highest BCUT2D eigenvalue weighted by molar-refractivity contribution is 7.09. The summed E-state index contributed by atoms with van der Waals surface area (Å²) in [6.07, 6.45) is 6.27. The Hall–Kier alpha value is -2.14. The molecule has 29 heavy (non-hydrogen) atoms. The van der Waals surface area contributed by atoms with E-state index >= 15 is 0 Å². The van der Waals surface area contributed by atoms with E-state index in [1.807, 2.05) is 6.19 Å². The van der Waals surface area contributed by atoms with Crippen molar-refractivity contribution in [2.75, 3.05) is 13.7 Å². The van der Waals surface area contributed by atoms with Gasteiger partial charge in [0.15, 0.2) is 10.6 Å². The molecular formula is C21H25ClN4O2S. The molecule has 0 N–H and O–H groups in total. The first kappa shape index (κ1) is 21.6. The van der Waals surface area contributed by atoms with Crippen LogP contribution in [0, 0.1) is 11.5 Å². The van der Waals surface area contributed by atoms with Crippen LogP contribution in [0.1, 0.15) is 44.1 Å². The van der Waals surface area contributed by atoms with E-state index in [1.54, 1.807) is 36.6 Å². The van der Waals surface area contributed by atoms with Crippen molar-refractivity contribution in [1.82, 2.24) is 4.57 Å². The Kier molecular flexibility index (Phi) is 6.78. The molecule has 0 amide bonds. The van der Waals surface area contributed by atoms with Crippen LogP contribution in [-0.4, -0.2) is 30.2 Å². The molecule has 1 aliphatic rings. The molecule has 1 aromatic carbocycles. The SMILES string of the molecule is COc1ccc(Cl)cc1C(=NC#N)N=c1sc(C(C)(C)C)cn1C[C@H]1CCCO1. The molecule has 0 saturated carbocycles. The lowest BCUT2D eigenvalue weighted by molar-refractivity contribution is 0.0963. The lowest BCUT2D eigenvalue weighted by Crippen LogP contribution is -2.23. The highest BCUT2D eigenvalue weighted by Crippen LogP contribution is 2.26. The number of benzene rings is 1. The van der Waals surface area contributed by atoms with Crippen LogP contribution in [0.5, 0.6) is 5.75 Å². The number of amidine groups is 1. The van der Waals surface area contributed by atoms with Crippen LogP contribution in [0.15, 0.2) is 34.4 Å². The van der Waals surface area contributed by atoms with Crippen LogP contribution in [0.3, 0.4) is 0 Å². The Labute approximate surface area is 180 Å². The maximum absolute atomic E-state index is 9.25. The Balaban J connectivity index is 2.12. The molecule has 0 unspecified atom stereocenters. The average Bonchev–Trinajstić information content (AvgIpc) is 3.32. The van der Waals surface area contributed by atoms with Crippen molar-refractivity contribution in [2.45, 2.75) is 51.7 Å².